The second-order valence-corrected chi connectivity index (χ2v) is 5.84. The number of fused-ring (bicyclic) bond motifs is 1. The Bertz CT molecular complexity index is 867. The van der Waals surface area contributed by atoms with Crippen molar-refractivity contribution in [3.63, 3.8) is 0 Å². The van der Waals surface area contributed by atoms with Gasteiger partial charge >= 0.3 is 0 Å². The van der Waals surface area contributed by atoms with Crippen LogP contribution in [0.3, 0.4) is 0 Å². The summed E-state index contributed by atoms with van der Waals surface area (Å²) in [6.45, 7) is -0.120. The molecule has 1 fully saturated rings. The van der Waals surface area contributed by atoms with E-state index in [2.05, 4.69) is 20.3 Å². The molecule has 2 aromatic heterocycles. The molecule has 0 radical (unpaired) electrons. The van der Waals surface area contributed by atoms with Gasteiger partial charge in [-0.3, -0.25) is 4.99 Å². The van der Waals surface area contributed by atoms with Crippen LogP contribution in [0.25, 0.3) is 16.6 Å². The number of aliphatic imine (C=N–C) groups is 1. The highest BCUT2D eigenvalue weighted by Gasteiger charge is 2.44. The Morgan fingerprint density at radius 2 is 2.16 bits per heavy atom. The lowest BCUT2D eigenvalue weighted by Crippen LogP contribution is -2.33. The van der Waals surface area contributed by atoms with Crippen LogP contribution in [-0.4, -0.2) is 67.7 Å². The molecule has 4 N–H and O–H groups in total. The van der Waals surface area contributed by atoms with Gasteiger partial charge in [0, 0.05) is 18.0 Å². The zero-order chi connectivity index (χ0) is 17.6. The molecule has 132 valence electrons. The number of aliphatic hydroxyl groups is 3. The summed E-state index contributed by atoms with van der Waals surface area (Å²) in [5.41, 5.74) is 1.29. The van der Waals surface area contributed by atoms with Gasteiger partial charge in [-0.15, -0.1) is 0 Å². The second-order valence-electron chi connectivity index (χ2n) is 5.84. The third-order valence-electron chi connectivity index (χ3n) is 4.34. The zero-order valence-corrected chi connectivity index (χ0v) is 12.9. The number of aliphatic hydroxyl groups excluding tert-OH is 3. The van der Waals surface area contributed by atoms with E-state index in [0.29, 0.717) is 17.8 Å². The minimum atomic E-state index is -1.33. The highest BCUT2D eigenvalue weighted by molar-refractivity contribution is 5.90. The molecule has 2 aliphatic rings. The first-order valence-corrected chi connectivity index (χ1v) is 7.69. The zero-order valence-electron chi connectivity index (χ0n) is 12.9. The maximum Gasteiger partial charge on any atom is 0.164 e. The average molecular weight is 349 g/mol. The van der Waals surface area contributed by atoms with Gasteiger partial charge in [-0.25, -0.2) is 14.4 Å². The molecule has 10 heteroatoms. The molecule has 1 saturated heterocycles. The lowest BCUT2D eigenvalue weighted by molar-refractivity contribution is -0.0510. The van der Waals surface area contributed by atoms with Crippen molar-refractivity contribution in [2.24, 2.45) is 4.99 Å². The van der Waals surface area contributed by atoms with Gasteiger partial charge in [0.1, 0.15) is 30.3 Å². The van der Waals surface area contributed by atoms with Crippen LogP contribution >= 0.6 is 0 Å². The fourth-order valence-corrected chi connectivity index (χ4v) is 3.11. The minimum absolute atomic E-state index is 0.172. The molecule has 4 heterocycles. The molecule has 2 aromatic rings. The SMILES string of the molecule is OC[C@H]1O[C@@H](n2cc(F)c3c(C4=CNC=NC4)ncnc32)[C@H](O)[C@@H]1O. The fraction of sp³-hybridized carbons (Fsp3) is 0.400. The van der Waals surface area contributed by atoms with E-state index < -0.39 is 37.0 Å². The Labute approximate surface area is 141 Å². The quantitative estimate of drug-likeness (QED) is 0.569. The molecule has 0 spiro atoms. The average Bonchev–Trinajstić information content (AvgIpc) is 3.13. The first-order chi connectivity index (χ1) is 12.1. The van der Waals surface area contributed by atoms with E-state index in [9.17, 15) is 19.7 Å². The van der Waals surface area contributed by atoms with Gasteiger partial charge in [0.15, 0.2) is 12.0 Å². The topological polar surface area (TPSA) is 125 Å². The predicted molar refractivity (Wildman–Crippen MR) is 85.0 cm³/mol. The molecule has 0 aliphatic carbocycles. The van der Waals surface area contributed by atoms with Crippen LogP contribution in [0.2, 0.25) is 0 Å². The number of nitrogens with one attached hydrogen (secondary N) is 1. The fourth-order valence-electron chi connectivity index (χ4n) is 3.11. The van der Waals surface area contributed by atoms with Crippen molar-refractivity contribution >= 4 is 22.9 Å². The maximum absolute atomic E-state index is 14.6. The molecule has 4 rings (SSSR count). The largest absolute Gasteiger partial charge is 0.394 e. The molecule has 2 aliphatic heterocycles. The van der Waals surface area contributed by atoms with E-state index in [1.165, 1.54) is 17.2 Å². The van der Waals surface area contributed by atoms with Crippen molar-refractivity contribution in [2.75, 3.05) is 13.2 Å². The first-order valence-electron chi connectivity index (χ1n) is 7.69. The van der Waals surface area contributed by atoms with Crippen molar-refractivity contribution < 1.29 is 24.4 Å². The number of aromatic nitrogens is 3. The Morgan fingerprint density at radius 1 is 1.32 bits per heavy atom. The van der Waals surface area contributed by atoms with Crippen molar-refractivity contribution in [3.8, 4) is 0 Å². The smallest absolute Gasteiger partial charge is 0.164 e. The van der Waals surface area contributed by atoms with E-state index in [1.54, 1.807) is 6.20 Å². The van der Waals surface area contributed by atoms with Crippen LogP contribution in [0, 0.1) is 5.82 Å². The molecule has 0 aromatic carbocycles. The summed E-state index contributed by atoms with van der Waals surface area (Å²) in [4.78, 5) is 12.3. The molecule has 4 atom stereocenters. The summed E-state index contributed by atoms with van der Waals surface area (Å²) in [7, 11) is 0. The standard InChI is InChI=1S/C15H16FN5O4/c16-8-3-21(15-13(24)12(23)9(4-22)25-15)14-10(8)11(19-6-20-14)7-1-17-5-18-2-7/h1,3,5-6,9,12-13,15,22-24H,2,4H2,(H,17,18)/t9-,12-,13-,15-/m1/s1. The summed E-state index contributed by atoms with van der Waals surface area (Å²) >= 11 is 0. The van der Waals surface area contributed by atoms with Crippen LogP contribution in [0.15, 0.2) is 23.7 Å². The van der Waals surface area contributed by atoms with Crippen molar-refractivity contribution in [2.45, 2.75) is 24.5 Å². The maximum atomic E-state index is 14.6. The molecule has 9 nitrogen and oxygen atoms in total. The lowest BCUT2D eigenvalue weighted by Gasteiger charge is -2.17. The summed E-state index contributed by atoms with van der Waals surface area (Å²) in [6, 6.07) is 0. The van der Waals surface area contributed by atoms with E-state index in [1.807, 2.05) is 0 Å². The molecule has 25 heavy (non-hydrogen) atoms. The van der Waals surface area contributed by atoms with Crippen LogP contribution in [0.4, 0.5) is 4.39 Å². The summed E-state index contributed by atoms with van der Waals surface area (Å²) < 4.78 is 21.4. The van der Waals surface area contributed by atoms with Crippen molar-refractivity contribution in [1.82, 2.24) is 19.9 Å². The van der Waals surface area contributed by atoms with Crippen LogP contribution < -0.4 is 5.32 Å². The highest BCUT2D eigenvalue weighted by atomic mass is 19.1. The third kappa shape index (κ3) is 2.50. The lowest BCUT2D eigenvalue weighted by atomic mass is 10.1. The van der Waals surface area contributed by atoms with Crippen molar-refractivity contribution in [3.05, 3.63) is 30.2 Å². The number of hydrogen-bond donors (Lipinski definition) is 4. The van der Waals surface area contributed by atoms with Gasteiger partial charge in [-0.2, -0.15) is 0 Å². The molecular weight excluding hydrogens is 333 g/mol. The molecule has 0 saturated carbocycles. The molecule has 0 amide bonds. The van der Waals surface area contributed by atoms with E-state index in [4.69, 9.17) is 4.74 Å². The molecule has 0 unspecified atom stereocenters. The summed E-state index contributed by atoms with van der Waals surface area (Å²) in [5, 5.41) is 32.3. The number of ether oxygens (including phenoxy) is 1. The number of halogens is 1. The van der Waals surface area contributed by atoms with Gasteiger partial charge in [-0.1, -0.05) is 0 Å². The van der Waals surface area contributed by atoms with Crippen LogP contribution in [-0.2, 0) is 4.74 Å². The minimum Gasteiger partial charge on any atom is -0.394 e. The number of rotatable bonds is 3. The van der Waals surface area contributed by atoms with Crippen LogP contribution in [0.5, 0.6) is 0 Å². The Balaban J connectivity index is 1.81. The Morgan fingerprint density at radius 3 is 2.84 bits per heavy atom. The summed E-state index contributed by atoms with van der Waals surface area (Å²) in [5.74, 6) is -0.584. The van der Waals surface area contributed by atoms with E-state index in [-0.39, 0.29) is 11.0 Å². The monoisotopic (exact) mass is 349 g/mol. The van der Waals surface area contributed by atoms with Gasteiger partial charge in [-0.05, 0) is 0 Å². The number of nitrogens with zero attached hydrogens (tertiary/aromatic N) is 4. The third-order valence-corrected chi connectivity index (χ3v) is 4.34. The normalized spacial score (nSPS) is 29.0. The number of hydrogen-bond acceptors (Lipinski definition) is 8. The van der Waals surface area contributed by atoms with Gasteiger partial charge < -0.3 is 29.9 Å². The highest BCUT2D eigenvalue weighted by Crippen LogP contribution is 2.34. The van der Waals surface area contributed by atoms with E-state index in [0.717, 1.165) is 6.20 Å². The van der Waals surface area contributed by atoms with Crippen LogP contribution in [0.1, 0.15) is 11.9 Å². The first kappa shape index (κ1) is 16.1. The molecule has 0 bridgehead atoms. The van der Waals surface area contributed by atoms with E-state index >= 15 is 0 Å². The van der Waals surface area contributed by atoms with Gasteiger partial charge in [0.25, 0.3) is 0 Å². The van der Waals surface area contributed by atoms with Gasteiger partial charge in [0.2, 0.25) is 0 Å². The molecular formula is C15H16FN5O4. The second kappa shape index (κ2) is 6.15. The Kier molecular flexibility index (Phi) is 3.96. The van der Waals surface area contributed by atoms with Crippen molar-refractivity contribution in [1.29, 1.82) is 0 Å². The van der Waals surface area contributed by atoms with Gasteiger partial charge in [0.05, 0.1) is 30.6 Å². The summed E-state index contributed by atoms with van der Waals surface area (Å²) in [6.07, 6.45) is 1.000. The predicted octanol–water partition coefficient (Wildman–Crippen LogP) is -0.846. The Hall–Kier alpha value is -2.40.